The number of rotatable bonds is 7. The van der Waals surface area contributed by atoms with Crippen LogP contribution in [-0.2, 0) is 11.3 Å². The third-order valence-electron chi connectivity index (χ3n) is 3.85. The number of benzene rings is 1. The van der Waals surface area contributed by atoms with Crippen LogP contribution in [0.2, 0.25) is 0 Å². The van der Waals surface area contributed by atoms with Gasteiger partial charge in [-0.3, -0.25) is 4.90 Å². The van der Waals surface area contributed by atoms with Gasteiger partial charge in [-0.1, -0.05) is 0 Å². The van der Waals surface area contributed by atoms with Crippen molar-refractivity contribution in [2.75, 3.05) is 39.5 Å². The summed E-state index contributed by atoms with van der Waals surface area (Å²) in [5.74, 6) is 0.909. The highest BCUT2D eigenvalue weighted by Gasteiger charge is 2.09. The van der Waals surface area contributed by atoms with Crippen LogP contribution >= 0.6 is 23.7 Å². The van der Waals surface area contributed by atoms with E-state index in [4.69, 9.17) is 15.2 Å². The second-order valence-corrected chi connectivity index (χ2v) is 6.63. The van der Waals surface area contributed by atoms with Gasteiger partial charge in [0.2, 0.25) is 0 Å². The lowest BCUT2D eigenvalue weighted by Gasteiger charge is -2.26. The van der Waals surface area contributed by atoms with Crippen LogP contribution in [0, 0.1) is 0 Å². The molecule has 1 saturated heterocycles. The Hall–Kier alpha value is -1.18. The fourth-order valence-electron chi connectivity index (χ4n) is 2.53. The Labute approximate surface area is 153 Å². The summed E-state index contributed by atoms with van der Waals surface area (Å²) in [7, 11) is 0. The van der Waals surface area contributed by atoms with Crippen LogP contribution in [0.15, 0.2) is 30.5 Å². The molecule has 1 fully saturated rings. The Morgan fingerprint density at radius 3 is 2.62 bits per heavy atom. The lowest BCUT2D eigenvalue weighted by Crippen LogP contribution is -2.37. The van der Waals surface area contributed by atoms with E-state index in [1.54, 1.807) is 11.3 Å². The van der Waals surface area contributed by atoms with E-state index < -0.39 is 0 Å². The van der Waals surface area contributed by atoms with Crippen LogP contribution in [0.3, 0.4) is 0 Å². The van der Waals surface area contributed by atoms with Crippen molar-refractivity contribution in [3.8, 4) is 16.3 Å². The molecule has 0 unspecified atom stereocenters. The van der Waals surface area contributed by atoms with E-state index in [0.717, 1.165) is 67.1 Å². The Balaban J connectivity index is 0.00000208. The topological polar surface area (TPSA) is 60.6 Å². The Morgan fingerprint density at radius 2 is 1.96 bits per heavy atom. The number of hydrogen-bond acceptors (Lipinski definition) is 6. The highest BCUT2D eigenvalue weighted by Crippen LogP contribution is 2.26. The van der Waals surface area contributed by atoms with E-state index >= 15 is 0 Å². The molecular weight excluding hydrogens is 346 g/mol. The van der Waals surface area contributed by atoms with Gasteiger partial charge in [0.05, 0.1) is 19.8 Å². The van der Waals surface area contributed by atoms with Gasteiger partial charge in [-0.05, 0) is 30.7 Å². The Bertz CT molecular complexity index is 600. The molecule has 2 N–H and O–H groups in total. The minimum absolute atomic E-state index is 0. The van der Waals surface area contributed by atoms with E-state index in [9.17, 15) is 0 Å². The van der Waals surface area contributed by atoms with E-state index in [-0.39, 0.29) is 12.4 Å². The number of halogens is 1. The molecule has 7 heteroatoms. The predicted octanol–water partition coefficient (Wildman–Crippen LogP) is 2.79. The maximum absolute atomic E-state index is 5.82. The van der Waals surface area contributed by atoms with Gasteiger partial charge < -0.3 is 15.2 Å². The molecule has 1 aromatic heterocycles. The predicted molar refractivity (Wildman–Crippen MR) is 100 cm³/mol. The quantitative estimate of drug-likeness (QED) is 0.760. The normalized spacial score (nSPS) is 15.0. The molecule has 0 saturated carbocycles. The van der Waals surface area contributed by atoms with Crippen molar-refractivity contribution in [1.29, 1.82) is 0 Å². The van der Waals surface area contributed by atoms with Gasteiger partial charge in [0.1, 0.15) is 10.8 Å². The molecule has 5 nitrogen and oxygen atoms in total. The molecule has 1 aromatic carbocycles. The Morgan fingerprint density at radius 1 is 1.21 bits per heavy atom. The number of hydrogen-bond donors (Lipinski definition) is 1. The summed E-state index contributed by atoms with van der Waals surface area (Å²) in [6.45, 7) is 6.13. The van der Waals surface area contributed by atoms with Crippen molar-refractivity contribution in [3.63, 3.8) is 0 Å². The SMILES string of the molecule is Cl.NCc1cnc(-c2ccc(OCCCN3CCOCC3)cc2)s1. The number of aromatic nitrogens is 1. The third kappa shape index (κ3) is 5.43. The zero-order chi connectivity index (χ0) is 15.9. The second-order valence-electron chi connectivity index (χ2n) is 5.52. The van der Waals surface area contributed by atoms with Crippen LogP contribution in [0.25, 0.3) is 10.6 Å². The molecule has 3 rings (SSSR count). The van der Waals surface area contributed by atoms with Crippen molar-refractivity contribution >= 4 is 23.7 Å². The average molecular weight is 370 g/mol. The molecular formula is C17H24ClN3O2S. The summed E-state index contributed by atoms with van der Waals surface area (Å²) in [5, 5.41) is 1.00. The molecule has 0 radical (unpaired) electrons. The van der Waals surface area contributed by atoms with Crippen molar-refractivity contribution < 1.29 is 9.47 Å². The molecule has 1 aliphatic rings. The number of morpholine rings is 1. The van der Waals surface area contributed by atoms with Gasteiger partial charge in [0.25, 0.3) is 0 Å². The summed E-state index contributed by atoms with van der Waals surface area (Å²) < 4.78 is 11.2. The maximum Gasteiger partial charge on any atom is 0.123 e. The van der Waals surface area contributed by atoms with Gasteiger partial charge in [-0.15, -0.1) is 23.7 Å². The zero-order valence-electron chi connectivity index (χ0n) is 13.6. The van der Waals surface area contributed by atoms with Crippen LogP contribution in [0.4, 0.5) is 0 Å². The van der Waals surface area contributed by atoms with Crippen molar-refractivity contribution in [2.45, 2.75) is 13.0 Å². The van der Waals surface area contributed by atoms with Gasteiger partial charge in [0.15, 0.2) is 0 Å². The first-order valence-electron chi connectivity index (χ1n) is 8.03. The molecule has 0 atom stereocenters. The van der Waals surface area contributed by atoms with Crippen LogP contribution in [-0.4, -0.2) is 49.3 Å². The summed E-state index contributed by atoms with van der Waals surface area (Å²) in [6.07, 6.45) is 2.88. The molecule has 24 heavy (non-hydrogen) atoms. The number of ether oxygens (including phenoxy) is 2. The van der Waals surface area contributed by atoms with E-state index in [2.05, 4.69) is 22.0 Å². The first kappa shape index (κ1) is 19.1. The molecule has 2 heterocycles. The van der Waals surface area contributed by atoms with Crippen molar-refractivity contribution in [2.24, 2.45) is 5.73 Å². The zero-order valence-corrected chi connectivity index (χ0v) is 15.3. The van der Waals surface area contributed by atoms with Crippen LogP contribution in [0.1, 0.15) is 11.3 Å². The first-order chi connectivity index (χ1) is 11.3. The first-order valence-corrected chi connectivity index (χ1v) is 8.85. The third-order valence-corrected chi connectivity index (χ3v) is 4.92. The molecule has 0 amide bonds. The summed E-state index contributed by atoms with van der Waals surface area (Å²) >= 11 is 1.64. The van der Waals surface area contributed by atoms with Crippen LogP contribution in [0.5, 0.6) is 5.75 Å². The van der Waals surface area contributed by atoms with Gasteiger partial charge >= 0.3 is 0 Å². The molecule has 0 bridgehead atoms. The summed E-state index contributed by atoms with van der Waals surface area (Å²) in [5.41, 5.74) is 6.73. The summed E-state index contributed by atoms with van der Waals surface area (Å²) in [4.78, 5) is 7.92. The fraction of sp³-hybridized carbons (Fsp3) is 0.471. The smallest absolute Gasteiger partial charge is 0.123 e. The maximum atomic E-state index is 5.82. The fourth-order valence-corrected chi connectivity index (χ4v) is 3.33. The van der Waals surface area contributed by atoms with Crippen molar-refractivity contribution in [3.05, 3.63) is 35.3 Å². The lowest BCUT2D eigenvalue weighted by molar-refractivity contribution is 0.0358. The second kappa shape index (κ2) is 9.96. The standard InChI is InChI=1S/C17H23N3O2S.ClH/c18-12-16-13-19-17(23-16)14-2-4-15(5-3-14)22-9-1-6-20-7-10-21-11-8-20;/h2-5,13H,1,6-12,18H2;1H. The number of nitrogens with two attached hydrogens (primary N) is 1. The van der Waals surface area contributed by atoms with E-state index in [1.807, 2.05) is 18.3 Å². The lowest BCUT2D eigenvalue weighted by atomic mass is 10.2. The monoisotopic (exact) mass is 369 g/mol. The molecule has 0 spiro atoms. The minimum Gasteiger partial charge on any atom is -0.494 e. The number of thiazole rings is 1. The molecule has 1 aliphatic heterocycles. The summed E-state index contributed by atoms with van der Waals surface area (Å²) in [6, 6.07) is 8.12. The van der Waals surface area contributed by atoms with E-state index in [0.29, 0.717) is 6.54 Å². The van der Waals surface area contributed by atoms with Crippen molar-refractivity contribution in [1.82, 2.24) is 9.88 Å². The van der Waals surface area contributed by atoms with Gasteiger partial charge in [0, 0.05) is 42.8 Å². The highest BCUT2D eigenvalue weighted by atomic mass is 35.5. The number of nitrogens with zero attached hydrogens (tertiary/aromatic N) is 2. The van der Waals surface area contributed by atoms with E-state index in [1.165, 1.54) is 0 Å². The van der Waals surface area contributed by atoms with Crippen LogP contribution < -0.4 is 10.5 Å². The molecule has 0 aliphatic carbocycles. The average Bonchev–Trinajstić information content (AvgIpc) is 3.09. The Kier molecular flexibility index (Phi) is 7.94. The van der Waals surface area contributed by atoms with Gasteiger partial charge in [-0.25, -0.2) is 4.98 Å². The minimum atomic E-state index is 0. The van der Waals surface area contributed by atoms with Gasteiger partial charge in [-0.2, -0.15) is 0 Å². The molecule has 132 valence electrons. The highest BCUT2D eigenvalue weighted by molar-refractivity contribution is 7.15. The largest absolute Gasteiger partial charge is 0.494 e. The molecule has 2 aromatic rings.